The molecule has 3 heterocycles. The van der Waals surface area contributed by atoms with E-state index in [0.717, 1.165) is 5.56 Å². The molecule has 32 heavy (non-hydrogen) atoms. The van der Waals surface area contributed by atoms with Crippen LogP contribution in [-0.4, -0.2) is 21.0 Å². The van der Waals surface area contributed by atoms with Gasteiger partial charge in [0.2, 0.25) is 0 Å². The molecule has 0 unspecified atom stereocenters. The summed E-state index contributed by atoms with van der Waals surface area (Å²) in [5.74, 6) is 0.0967. The number of nitrogens with zero attached hydrogens (tertiary/aromatic N) is 3. The first-order valence-corrected chi connectivity index (χ1v) is 11.5. The molecule has 0 saturated carbocycles. The number of H-pyrrole nitrogens is 1. The second-order valence-corrected chi connectivity index (χ2v) is 8.75. The Bertz CT molecular complexity index is 1430. The fourth-order valence-electron chi connectivity index (χ4n) is 3.24. The lowest BCUT2D eigenvalue weighted by atomic mass is 10.2. The molecule has 9 heteroatoms. The van der Waals surface area contributed by atoms with E-state index in [1.165, 1.54) is 52.3 Å². The standard InChI is InChI=1S/C23H15FN4O2S2/c24-15-6-8-16(9-7-15)28-22(30)18(12-14-4-2-1-3-5-14)26-23(28)32-13-19-25-17-10-11-31-20(17)21(29)27-19/h1-12H,13H2,(H,25,27,29)/b18-12+. The first-order chi connectivity index (χ1) is 15.6. The number of halogens is 1. The maximum atomic E-state index is 13.4. The SMILES string of the molecule is O=C1/C(=C\c2ccccc2)N=C(SCc2nc3ccsc3c(=O)[nH]2)N1c1ccc(F)cc1. The highest BCUT2D eigenvalue weighted by atomic mass is 32.2. The van der Waals surface area contributed by atoms with Crippen LogP contribution in [0, 0.1) is 5.82 Å². The van der Waals surface area contributed by atoms with E-state index in [1.54, 1.807) is 12.1 Å². The summed E-state index contributed by atoms with van der Waals surface area (Å²) in [7, 11) is 0. The molecule has 158 valence electrons. The summed E-state index contributed by atoms with van der Waals surface area (Å²) in [6, 6.07) is 16.9. The number of hydrogen-bond acceptors (Lipinski definition) is 6. The monoisotopic (exact) mass is 462 g/mol. The molecule has 0 saturated heterocycles. The highest BCUT2D eigenvalue weighted by Gasteiger charge is 2.32. The summed E-state index contributed by atoms with van der Waals surface area (Å²) in [6.07, 6.45) is 1.71. The lowest BCUT2D eigenvalue weighted by Crippen LogP contribution is -2.30. The lowest BCUT2D eigenvalue weighted by molar-refractivity contribution is -0.113. The largest absolute Gasteiger partial charge is 0.309 e. The molecule has 1 aliphatic heterocycles. The number of nitrogens with one attached hydrogen (secondary N) is 1. The zero-order chi connectivity index (χ0) is 22.1. The van der Waals surface area contributed by atoms with Gasteiger partial charge in [0.05, 0.1) is 17.0 Å². The van der Waals surface area contributed by atoms with E-state index in [9.17, 15) is 14.0 Å². The van der Waals surface area contributed by atoms with Gasteiger partial charge in [-0.05, 0) is 47.4 Å². The molecule has 5 rings (SSSR count). The third-order valence-electron chi connectivity index (χ3n) is 4.72. The lowest BCUT2D eigenvalue weighted by Gasteiger charge is -2.17. The Morgan fingerprint density at radius 1 is 1.06 bits per heavy atom. The Balaban J connectivity index is 1.48. The zero-order valence-corrected chi connectivity index (χ0v) is 18.1. The minimum atomic E-state index is -0.391. The van der Waals surface area contributed by atoms with Crippen LogP contribution in [0.4, 0.5) is 10.1 Å². The molecule has 6 nitrogen and oxygen atoms in total. The van der Waals surface area contributed by atoms with Crippen molar-refractivity contribution in [3.8, 4) is 0 Å². The number of thiophene rings is 1. The van der Waals surface area contributed by atoms with Gasteiger partial charge in [0.25, 0.3) is 11.5 Å². The second kappa shape index (κ2) is 8.52. The number of amidine groups is 1. The molecular formula is C23H15FN4O2S2. The molecule has 0 atom stereocenters. The number of amides is 1. The van der Waals surface area contributed by atoms with Crippen molar-refractivity contribution < 1.29 is 9.18 Å². The summed E-state index contributed by atoms with van der Waals surface area (Å²) >= 11 is 2.61. The van der Waals surface area contributed by atoms with Crippen molar-refractivity contribution in [2.45, 2.75) is 5.75 Å². The Hall–Kier alpha value is -3.56. The quantitative estimate of drug-likeness (QED) is 0.442. The van der Waals surface area contributed by atoms with E-state index >= 15 is 0 Å². The van der Waals surface area contributed by atoms with Crippen LogP contribution in [0.25, 0.3) is 16.3 Å². The summed E-state index contributed by atoms with van der Waals surface area (Å²) in [5.41, 5.74) is 2.08. The van der Waals surface area contributed by atoms with E-state index in [2.05, 4.69) is 15.0 Å². The van der Waals surface area contributed by atoms with Crippen LogP contribution in [0.3, 0.4) is 0 Å². The van der Waals surface area contributed by atoms with Gasteiger partial charge in [-0.1, -0.05) is 42.1 Å². The predicted molar refractivity (Wildman–Crippen MR) is 127 cm³/mol. The molecule has 0 bridgehead atoms. The first kappa shape index (κ1) is 20.3. The number of rotatable bonds is 4. The smallest absolute Gasteiger partial charge is 0.283 e. The zero-order valence-electron chi connectivity index (χ0n) is 16.5. The van der Waals surface area contributed by atoms with Crippen LogP contribution in [0.2, 0.25) is 0 Å². The number of aliphatic imine (C=N–C) groups is 1. The molecule has 2 aromatic heterocycles. The summed E-state index contributed by atoms with van der Waals surface area (Å²) in [6.45, 7) is 0. The highest BCUT2D eigenvalue weighted by Crippen LogP contribution is 2.30. The van der Waals surface area contributed by atoms with Gasteiger partial charge in [0, 0.05) is 0 Å². The average Bonchev–Trinajstić information content (AvgIpc) is 3.39. The van der Waals surface area contributed by atoms with Crippen LogP contribution in [-0.2, 0) is 10.5 Å². The molecular weight excluding hydrogens is 447 g/mol. The van der Waals surface area contributed by atoms with E-state index in [4.69, 9.17) is 0 Å². The van der Waals surface area contributed by atoms with Crippen LogP contribution >= 0.6 is 23.1 Å². The third kappa shape index (κ3) is 4.00. The van der Waals surface area contributed by atoms with Gasteiger partial charge in [-0.15, -0.1) is 11.3 Å². The van der Waals surface area contributed by atoms with Gasteiger partial charge < -0.3 is 4.98 Å². The molecule has 1 amide bonds. The van der Waals surface area contributed by atoms with E-state index < -0.39 is 5.82 Å². The number of carbonyl (C=O) groups excluding carboxylic acids is 1. The fourth-order valence-corrected chi connectivity index (χ4v) is 4.85. The van der Waals surface area contributed by atoms with Crippen LogP contribution in [0.15, 0.2) is 81.5 Å². The van der Waals surface area contributed by atoms with Crippen LogP contribution in [0.5, 0.6) is 0 Å². The van der Waals surface area contributed by atoms with E-state index in [1.807, 2.05) is 35.7 Å². The van der Waals surface area contributed by atoms with Crippen molar-refractivity contribution >= 4 is 56.2 Å². The van der Waals surface area contributed by atoms with Gasteiger partial charge in [0.15, 0.2) is 5.17 Å². The number of hydrogen-bond donors (Lipinski definition) is 1. The number of fused-ring (bicyclic) bond motifs is 1. The Morgan fingerprint density at radius 3 is 2.62 bits per heavy atom. The van der Waals surface area contributed by atoms with Crippen molar-refractivity contribution in [3.63, 3.8) is 0 Å². The fraction of sp³-hybridized carbons (Fsp3) is 0.0435. The summed E-state index contributed by atoms with van der Waals surface area (Å²) < 4.78 is 14.0. The second-order valence-electron chi connectivity index (χ2n) is 6.89. The number of aromatic amines is 1. The number of anilines is 1. The Kier molecular flexibility index (Phi) is 5.42. The third-order valence-corrected chi connectivity index (χ3v) is 6.57. The molecule has 0 spiro atoms. The van der Waals surface area contributed by atoms with Gasteiger partial charge in [0.1, 0.15) is 22.0 Å². The van der Waals surface area contributed by atoms with Crippen molar-refractivity contribution in [1.29, 1.82) is 0 Å². The van der Waals surface area contributed by atoms with Crippen LogP contribution < -0.4 is 10.5 Å². The predicted octanol–water partition coefficient (Wildman–Crippen LogP) is 4.80. The number of aromatic nitrogens is 2. The van der Waals surface area contributed by atoms with Gasteiger partial charge in [-0.2, -0.15) is 0 Å². The van der Waals surface area contributed by atoms with Gasteiger partial charge in [-0.3, -0.25) is 14.5 Å². The highest BCUT2D eigenvalue weighted by molar-refractivity contribution is 8.13. The first-order valence-electron chi connectivity index (χ1n) is 9.63. The van der Waals surface area contributed by atoms with Crippen molar-refractivity contribution in [1.82, 2.24) is 9.97 Å². The maximum Gasteiger partial charge on any atom is 0.283 e. The number of thioether (sulfide) groups is 1. The molecule has 0 fully saturated rings. The summed E-state index contributed by atoms with van der Waals surface area (Å²) in [4.78, 5) is 38.7. The molecule has 1 N–H and O–H groups in total. The Labute approximate surface area is 190 Å². The average molecular weight is 463 g/mol. The van der Waals surface area contributed by atoms with E-state index in [-0.39, 0.29) is 17.2 Å². The summed E-state index contributed by atoms with van der Waals surface area (Å²) in [5, 5.41) is 2.25. The number of carbonyl (C=O) groups is 1. The minimum absolute atomic E-state index is 0.190. The van der Waals surface area contributed by atoms with Gasteiger partial charge in [-0.25, -0.2) is 14.4 Å². The molecule has 0 aliphatic carbocycles. The molecule has 2 aromatic carbocycles. The topological polar surface area (TPSA) is 78.4 Å². The normalized spacial score (nSPS) is 15.0. The van der Waals surface area contributed by atoms with E-state index in [0.29, 0.717) is 32.6 Å². The minimum Gasteiger partial charge on any atom is -0.309 e. The molecule has 1 aliphatic rings. The Morgan fingerprint density at radius 2 is 1.84 bits per heavy atom. The molecule has 4 aromatic rings. The van der Waals surface area contributed by atoms with Gasteiger partial charge >= 0.3 is 0 Å². The van der Waals surface area contributed by atoms with Crippen molar-refractivity contribution in [3.05, 3.63) is 99.3 Å². The van der Waals surface area contributed by atoms with Crippen molar-refractivity contribution in [2.75, 3.05) is 4.90 Å². The van der Waals surface area contributed by atoms with Crippen LogP contribution in [0.1, 0.15) is 11.4 Å². The maximum absolute atomic E-state index is 13.4. The number of benzene rings is 2. The molecule has 0 radical (unpaired) electrons. The van der Waals surface area contributed by atoms with Crippen molar-refractivity contribution in [2.24, 2.45) is 4.99 Å².